The number of nitrogens with two attached hydrogens (primary N) is 1. The van der Waals surface area contributed by atoms with E-state index in [1.165, 1.54) is 16.4 Å². The van der Waals surface area contributed by atoms with Gasteiger partial charge in [-0.15, -0.1) is 0 Å². The molecule has 7 heteroatoms. The molecule has 1 saturated heterocycles. The van der Waals surface area contributed by atoms with Crippen LogP contribution in [0.25, 0.3) is 0 Å². The van der Waals surface area contributed by atoms with Crippen LogP contribution in [-0.2, 0) is 10.0 Å². The third-order valence-corrected chi connectivity index (χ3v) is 6.07. The Hall–Kier alpha value is -0.820. The van der Waals surface area contributed by atoms with E-state index < -0.39 is 10.0 Å². The molecule has 0 aromatic heterocycles. The van der Waals surface area contributed by atoms with Crippen LogP contribution in [0.2, 0.25) is 5.02 Å². The van der Waals surface area contributed by atoms with Gasteiger partial charge in [0, 0.05) is 23.3 Å². The molecule has 5 nitrogen and oxygen atoms in total. The van der Waals surface area contributed by atoms with Gasteiger partial charge in [0.05, 0.1) is 11.5 Å². The van der Waals surface area contributed by atoms with Gasteiger partial charge in [-0.3, -0.25) is 0 Å². The van der Waals surface area contributed by atoms with E-state index in [1.54, 1.807) is 6.92 Å². The molecule has 1 atom stereocenters. The summed E-state index contributed by atoms with van der Waals surface area (Å²) in [6.07, 6.45) is 2.39. The van der Waals surface area contributed by atoms with Crippen LogP contribution >= 0.6 is 11.6 Å². The zero-order chi connectivity index (χ0) is 14.9. The van der Waals surface area contributed by atoms with Gasteiger partial charge in [0.25, 0.3) is 0 Å². The molecule has 2 rings (SSSR count). The van der Waals surface area contributed by atoms with Crippen molar-refractivity contribution in [1.82, 2.24) is 4.31 Å². The van der Waals surface area contributed by atoms with Crippen molar-refractivity contribution in [1.29, 1.82) is 0 Å². The highest BCUT2D eigenvalue weighted by atomic mass is 35.5. The molecule has 0 aliphatic carbocycles. The van der Waals surface area contributed by atoms with E-state index in [2.05, 4.69) is 0 Å². The number of halogens is 1. The first kappa shape index (κ1) is 15.6. The fourth-order valence-corrected chi connectivity index (χ4v) is 4.47. The normalized spacial score (nSPS) is 21.1. The molecule has 0 bridgehead atoms. The first-order valence-electron chi connectivity index (χ1n) is 6.56. The maximum absolute atomic E-state index is 12.7. The van der Waals surface area contributed by atoms with Crippen molar-refractivity contribution < 1.29 is 13.5 Å². The van der Waals surface area contributed by atoms with Gasteiger partial charge >= 0.3 is 0 Å². The summed E-state index contributed by atoms with van der Waals surface area (Å²) in [7, 11) is -3.68. The number of aliphatic hydroxyl groups is 1. The van der Waals surface area contributed by atoms with E-state index in [0.29, 0.717) is 29.2 Å². The predicted molar refractivity (Wildman–Crippen MR) is 79.2 cm³/mol. The maximum Gasteiger partial charge on any atom is 0.243 e. The molecule has 0 saturated carbocycles. The van der Waals surface area contributed by atoms with Gasteiger partial charge < -0.3 is 10.8 Å². The molecule has 0 radical (unpaired) electrons. The number of nitrogens with zero attached hydrogens (tertiary/aromatic N) is 1. The van der Waals surface area contributed by atoms with Crippen LogP contribution in [0, 0.1) is 6.92 Å². The molecule has 112 valence electrons. The summed E-state index contributed by atoms with van der Waals surface area (Å²) < 4.78 is 26.7. The smallest absolute Gasteiger partial charge is 0.243 e. The van der Waals surface area contributed by atoms with Gasteiger partial charge in [-0.1, -0.05) is 18.0 Å². The van der Waals surface area contributed by atoms with Crippen LogP contribution in [0.4, 0.5) is 5.69 Å². The third-order valence-electron chi connectivity index (χ3n) is 3.75. The Morgan fingerprint density at radius 2 is 2.15 bits per heavy atom. The molecule has 0 spiro atoms. The Labute approximate surface area is 124 Å². The molecular formula is C13H19ClN2O3S. The van der Waals surface area contributed by atoms with Crippen molar-refractivity contribution in [3.8, 4) is 0 Å². The average molecular weight is 319 g/mol. The zero-order valence-corrected chi connectivity index (χ0v) is 12.9. The van der Waals surface area contributed by atoms with Gasteiger partial charge in [0.15, 0.2) is 0 Å². The molecule has 1 heterocycles. The highest BCUT2D eigenvalue weighted by molar-refractivity contribution is 7.89. The quantitative estimate of drug-likeness (QED) is 0.832. The maximum atomic E-state index is 12.7. The van der Waals surface area contributed by atoms with E-state index in [4.69, 9.17) is 17.3 Å². The Balaban J connectivity index is 2.44. The largest absolute Gasteiger partial charge is 0.398 e. The number of aliphatic hydroxyl groups excluding tert-OH is 1. The highest BCUT2D eigenvalue weighted by Crippen LogP contribution is 2.30. The van der Waals surface area contributed by atoms with Crippen LogP contribution in [-0.4, -0.2) is 37.0 Å². The van der Waals surface area contributed by atoms with Crippen molar-refractivity contribution >= 4 is 27.3 Å². The minimum absolute atomic E-state index is 0.0888. The van der Waals surface area contributed by atoms with Gasteiger partial charge in [0.2, 0.25) is 10.0 Å². The van der Waals surface area contributed by atoms with Crippen molar-refractivity contribution in [3.05, 3.63) is 22.7 Å². The van der Waals surface area contributed by atoms with Crippen molar-refractivity contribution in [2.45, 2.75) is 37.1 Å². The SMILES string of the molecule is Cc1c(N)cc(S(=O)(=O)N2CCCCC2CO)cc1Cl. The summed E-state index contributed by atoms with van der Waals surface area (Å²) >= 11 is 6.02. The lowest BCUT2D eigenvalue weighted by molar-refractivity contribution is 0.155. The van der Waals surface area contributed by atoms with Crippen LogP contribution in [0.15, 0.2) is 17.0 Å². The fourth-order valence-electron chi connectivity index (χ4n) is 2.43. The van der Waals surface area contributed by atoms with Crippen molar-refractivity contribution in [2.24, 2.45) is 0 Å². The van der Waals surface area contributed by atoms with Crippen LogP contribution in [0.1, 0.15) is 24.8 Å². The number of piperidine rings is 1. The molecule has 0 amide bonds. The van der Waals surface area contributed by atoms with Crippen LogP contribution in [0.5, 0.6) is 0 Å². The van der Waals surface area contributed by atoms with Crippen LogP contribution in [0.3, 0.4) is 0 Å². The summed E-state index contributed by atoms with van der Waals surface area (Å²) in [5, 5.41) is 9.70. The lowest BCUT2D eigenvalue weighted by Crippen LogP contribution is -2.45. The first-order valence-corrected chi connectivity index (χ1v) is 8.38. The number of anilines is 1. The Kier molecular flexibility index (Phi) is 4.59. The summed E-state index contributed by atoms with van der Waals surface area (Å²) in [5.74, 6) is 0. The molecule has 20 heavy (non-hydrogen) atoms. The Morgan fingerprint density at radius 1 is 1.45 bits per heavy atom. The van der Waals surface area contributed by atoms with Gasteiger partial charge in [-0.2, -0.15) is 4.31 Å². The molecule has 1 aromatic carbocycles. The summed E-state index contributed by atoms with van der Waals surface area (Å²) in [4.78, 5) is 0.0888. The lowest BCUT2D eigenvalue weighted by atomic mass is 10.1. The van der Waals surface area contributed by atoms with Gasteiger partial charge in [-0.05, 0) is 37.5 Å². The summed E-state index contributed by atoms with van der Waals surface area (Å²) in [6.45, 7) is 1.98. The van der Waals surface area contributed by atoms with E-state index in [-0.39, 0.29) is 17.5 Å². The second-order valence-electron chi connectivity index (χ2n) is 5.07. The third kappa shape index (κ3) is 2.79. The number of benzene rings is 1. The molecule has 1 aromatic rings. The molecule has 1 aliphatic rings. The molecule has 3 N–H and O–H groups in total. The standard InChI is InChI=1S/C13H19ClN2O3S/c1-9-12(14)6-11(7-13(9)15)20(18,19)16-5-3-2-4-10(16)8-17/h6-7,10,17H,2-5,8,15H2,1H3. The highest BCUT2D eigenvalue weighted by Gasteiger charge is 2.33. The van der Waals surface area contributed by atoms with E-state index in [0.717, 1.165) is 12.8 Å². The molecule has 1 aliphatic heterocycles. The number of sulfonamides is 1. The first-order chi connectivity index (χ1) is 9.37. The Bertz CT molecular complexity index is 581. The minimum Gasteiger partial charge on any atom is -0.398 e. The number of nitrogen functional groups attached to an aromatic ring is 1. The monoisotopic (exact) mass is 318 g/mol. The number of hydrogen-bond donors (Lipinski definition) is 2. The minimum atomic E-state index is -3.68. The summed E-state index contributed by atoms with van der Waals surface area (Å²) in [5.41, 5.74) is 6.82. The van der Waals surface area contributed by atoms with Crippen molar-refractivity contribution in [3.63, 3.8) is 0 Å². The lowest BCUT2D eigenvalue weighted by Gasteiger charge is -2.33. The zero-order valence-electron chi connectivity index (χ0n) is 11.3. The number of rotatable bonds is 3. The van der Waals surface area contributed by atoms with Crippen LogP contribution < -0.4 is 5.73 Å². The molecule has 1 unspecified atom stereocenters. The number of hydrogen-bond acceptors (Lipinski definition) is 4. The molecular weight excluding hydrogens is 300 g/mol. The van der Waals surface area contributed by atoms with Gasteiger partial charge in [-0.25, -0.2) is 8.42 Å². The van der Waals surface area contributed by atoms with E-state index in [1.807, 2.05) is 0 Å². The second-order valence-corrected chi connectivity index (χ2v) is 7.37. The Morgan fingerprint density at radius 3 is 2.75 bits per heavy atom. The fraction of sp³-hybridized carbons (Fsp3) is 0.538. The van der Waals surface area contributed by atoms with Crippen molar-refractivity contribution in [2.75, 3.05) is 18.9 Å². The van der Waals surface area contributed by atoms with E-state index in [9.17, 15) is 13.5 Å². The topological polar surface area (TPSA) is 83.6 Å². The second kappa shape index (κ2) is 5.89. The average Bonchev–Trinajstić information content (AvgIpc) is 2.44. The summed E-state index contributed by atoms with van der Waals surface area (Å²) in [6, 6.07) is 2.49. The van der Waals surface area contributed by atoms with E-state index >= 15 is 0 Å². The van der Waals surface area contributed by atoms with Gasteiger partial charge in [0.1, 0.15) is 0 Å². The molecule has 1 fully saturated rings. The predicted octanol–water partition coefficient (Wildman–Crippen LogP) is 1.77.